The van der Waals surface area contributed by atoms with Gasteiger partial charge < -0.3 is 19.2 Å². The van der Waals surface area contributed by atoms with Gasteiger partial charge in [0.2, 0.25) is 5.91 Å². The highest BCUT2D eigenvalue weighted by molar-refractivity contribution is 8.18. The summed E-state index contributed by atoms with van der Waals surface area (Å²) in [7, 11) is 0. The Labute approximate surface area is 187 Å². The van der Waals surface area contributed by atoms with Crippen LogP contribution in [0.4, 0.5) is 4.79 Å². The van der Waals surface area contributed by atoms with Gasteiger partial charge in [0.05, 0.1) is 23.7 Å². The molecule has 9 nitrogen and oxygen atoms in total. The van der Waals surface area contributed by atoms with E-state index in [1.165, 1.54) is 12.1 Å². The summed E-state index contributed by atoms with van der Waals surface area (Å²) >= 11 is 0.745. The average Bonchev–Trinajstić information content (AvgIpc) is 3.34. The lowest BCUT2D eigenvalue weighted by Crippen LogP contribution is -2.46. The number of hydrogen-bond acceptors (Lipinski definition) is 7. The molecule has 2 fully saturated rings. The Balaban J connectivity index is 1.51. The standard InChI is InChI=1S/C22H20N2O7S/c1-13-15(3-2-4-16(13)21(27)28)17-6-5-14(31-17)11-18-20(26)24(22(29)32-18)12-19(25)23-7-9-30-10-8-23/h2-6,11H,7-10,12H2,1H3,(H,27,28)/b18-11-. The Morgan fingerprint density at radius 3 is 2.62 bits per heavy atom. The normalized spacial score (nSPS) is 18.0. The molecule has 0 atom stereocenters. The number of amides is 3. The number of imide groups is 1. The van der Waals surface area contributed by atoms with Gasteiger partial charge >= 0.3 is 5.97 Å². The quantitative estimate of drug-likeness (QED) is 0.683. The minimum Gasteiger partial charge on any atom is -0.478 e. The third-order valence-electron chi connectivity index (χ3n) is 5.26. The van der Waals surface area contributed by atoms with Gasteiger partial charge in [0.25, 0.3) is 11.1 Å². The highest BCUT2D eigenvalue weighted by Gasteiger charge is 2.37. The molecule has 2 aliphatic rings. The minimum absolute atomic E-state index is 0.154. The van der Waals surface area contributed by atoms with Crippen LogP contribution >= 0.6 is 11.8 Å². The fraction of sp³-hybridized carbons (Fsp3) is 0.273. The molecule has 1 aromatic carbocycles. The van der Waals surface area contributed by atoms with Crippen molar-refractivity contribution < 1.29 is 33.4 Å². The summed E-state index contributed by atoms with van der Waals surface area (Å²) in [6.07, 6.45) is 1.45. The van der Waals surface area contributed by atoms with E-state index in [-0.39, 0.29) is 22.9 Å². The van der Waals surface area contributed by atoms with Crippen LogP contribution in [0.25, 0.3) is 17.4 Å². The summed E-state index contributed by atoms with van der Waals surface area (Å²) in [5.41, 5.74) is 1.35. The number of benzene rings is 1. The van der Waals surface area contributed by atoms with E-state index in [1.807, 2.05) is 0 Å². The number of aromatic carboxylic acids is 1. The second-order valence-electron chi connectivity index (χ2n) is 7.25. The monoisotopic (exact) mass is 456 g/mol. The third kappa shape index (κ3) is 4.32. The average molecular weight is 456 g/mol. The number of carbonyl (C=O) groups excluding carboxylic acids is 3. The maximum Gasteiger partial charge on any atom is 0.335 e. The van der Waals surface area contributed by atoms with Gasteiger partial charge in [-0.1, -0.05) is 12.1 Å². The first-order valence-electron chi connectivity index (χ1n) is 9.89. The maximum atomic E-state index is 12.7. The fourth-order valence-corrected chi connectivity index (χ4v) is 4.34. The van der Waals surface area contributed by atoms with E-state index in [9.17, 15) is 24.3 Å². The van der Waals surface area contributed by atoms with E-state index in [4.69, 9.17) is 9.15 Å². The number of hydrogen-bond donors (Lipinski definition) is 1. The highest BCUT2D eigenvalue weighted by Crippen LogP contribution is 2.34. The molecule has 0 aliphatic carbocycles. The first-order chi connectivity index (χ1) is 15.3. The molecule has 10 heteroatoms. The lowest BCUT2D eigenvalue weighted by atomic mass is 10.0. The fourth-order valence-electron chi connectivity index (χ4n) is 3.52. The number of carboxylic acid groups (broad SMARTS) is 1. The second kappa shape index (κ2) is 9.01. The summed E-state index contributed by atoms with van der Waals surface area (Å²) < 4.78 is 11.0. The lowest BCUT2D eigenvalue weighted by molar-refractivity contribution is -0.139. The SMILES string of the molecule is Cc1c(C(=O)O)cccc1-c1ccc(/C=C2\SC(=O)N(CC(=O)N3CCOCC3)C2=O)o1. The van der Waals surface area contributed by atoms with E-state index < -0.39 is 17.1 Å². The molecule has 2 aliphatic heterocycles. The van der Waals surface area contributed by atoms with Crippen molar-refractivity contribution in [3.63, 3.8) is 0 Å². The predicted octanol–water partition coefficient (Wildman–Crippen LogP) is 2.85. The minimum atomic E-state index is -1.03. The Bertz CT molecular complexity index is 1130. The third-order valence-corrected chi connectivity index (χ3v) is 6.17. The van der Waals surface area contributed by atoms with E-state index in [2.05, 4.69) is 0 Å². The maximum absolute atomic E-state index is 12.7. The number of carbonyl (C=O) groups is 4. The molecule has 4 rings (SSSR count). The molecular formula is C22H20N2O7S. The van der Waals surface area contributed by atoms with Crippen LogP contribution in [-0.4, -0.2) is 70.8 Å². The Morgan fingerprint density at radius 1 is 1.16 bits per heavy atom. The van der Waals surface area contributed by atoms with Crippen molar-refractivity contribution in [3.8, 4) is 11.3 Å². The molecule has 2 saturated heterocycles. The largest absolute Gasteiger partial charge is 0.478 e. The number of furan rings is 1. The van der Waals surface area contributed by atoms with Crippen LogP contribution in [0.1, 0.15) is 21.7 Å². The second-order valence-corrected chi connectivity index (χ2v) is 8.24. The Hall–Kier alpha value is -3.37. The first-order valence-corrected chi connectivity index (χ1v) is 10.7. The van der Waals surface area contributed by atoms with Crippen LogP contribution in [0.5, 0.6) is 0 Å². The van der Waals surface area contributed by atoms with Gasteiger partial charge in [-0.3, -0.25) is 19.3 Å². The Kier molecular flexibility index (Phi) is 6.15. The van der Waals surface area contributed by atoms with Gasteiger partial charge in [-0.2, -0.15) is 0 Å². The molecule has 0 bridgehead atoms. The number of nitrogens with zero attached hydrogens (tertiary/aromatic N) is 2. The van der Waals surface area contributed by atoms with E-state index >= 15 is 0 Å². The molecular weight excluding hydrogens is 436 g/mol. The summed E-state index contributed by atoms with van der Waals surface area (Å²) in [5.74, 6) is -1.10. The summed E-state index contributed by atoms with van der Waals surface area (Å²) in [4.78, 5) is 51.5. The van der Waals surface area contributed by atoms with Gasteiger partial charge in [0.15, 0.2) is 0 Å². The van der Waals surface area contributed by atoms with Gasteiger partial charge in [0, 0.05) is 24.7 Å². The zero-order valence-electron chi connectivity index (χ0n) is 17.2. The van der Waals surface area contributed by atoms with Crippen LogP contribution in [0.2, 0.25) is 0 Å². The van der Waals surface area contributed by atoms with Crippen LogP contribution in [0, 0.1) is 6.92 Å². The van der Waals surface area contributed by atoms with Crippen LogP contribution < -0.4 is 0 Å². The van der Waals surface area contributed by atoms with Crippen molar-refractivity contribution in [2.24, 2.45) is 0 Å². The molecule has 0 unspecified atom stereocenters. The number of morpholine rings is 1. The Morgan fingerprint density at radius 2 is 1.91 bits per heavy atom. The summed E-state index contributed by atoms with van der Waals surface area (Å²) in [6.45, 7) is 3.11. The molecule has 0 spiro atoms. The van der Waals surface area contributed by atoms with Gasteiger partial charge in [-0.05, 0) is 42.4 Å². The topological polar surface area (TPSA) is 117 Å². The molecule has 0 radical (unpaired) electrons. The van der Waals surface area contributed by atoms with Crippen LogP contribution in [0.15, 0.2) is 39.7 Å². The van der Waals surface area contributed by atoms with Crippen molar-refractivity contribution >= 4 is 40.9 Å². The van der Waals surface area contributed by atoms with Crippen molar-refractivity contribution in [1.29, 1.82) is 0 Å². The number of carboxylic acids is 1. The molecule has 3 heterocycles. The van der Waals surface area contributed by atoms with E-state index in [1.54, 1.807) is 36.1 Å². The zero-order valence-corrected chi connectivity index (χ0v) is 18.0. The lowest BCUT2D eigenvalue weighted by Gasteiger charge is -2.27. The van der Waals surface area contributed by atoms with Crippen LogP contribution in [0.3, 0.4) is 0 Å². The molecule has 166 valence electrons. The molecule has 1 aromatic heterocycles. The van der Waals surface area contributed by atoms with Gasteiger partial charge in [-0.15, -0.1) is 0 Å². The zero-order chi connectivity index (χ0) is 22.8. The number of thioether (sulfide) groups is 1. The molecule has 2 aromatic rings. The van der Waals surface area contributed by atoms with E-state index in [0.29, 0.717) is 49.0 Å². The smallest absolute Gasteiger partial charge is 0.335 e. The summed E-state index contributed by atoms with van der Waals surface area (Å²) in [6, 6.07) is 8.20. The van der Waals surface area contributed by atoms with E-state index in [0.717, 1.165) is 16.7 Å². The van der Waals surface area contributed by atoms with Crippen LogP contribution in [-0.2, 0) is 14.3 Å². The highest BCUT2D eigenvalue weighted by atomic mass is 32.2. The summed E-state index contributed by atoms with van der Waals surface area (Å²) in [5, 5.41) is 8.79. The van der Waals surface area contributed by atoms with Crippen molar-refractivity contribution in [3.05, 3.63) is 52.1 Å². The number of ether oxygens (including phenoxy) is 1. The molecule has 0 saturated carbocycles. The van der Waals surface area contributed by atoms with Crippen molar-refractivity contribution in [2.75, 3.05) is 32.8 Å². The molecule has 32 heavy (non-hydrogen) atoms. The molecule has 3 amide bonds. The first kappa shape index (κ1) is 21.8. The predicted molar refractivity (Wildman–Crippen MR) is 116 cm³/mol. The molecule has 1 N–H and O–H groups in total. The number of rotatable bonds is 5. The van der Waals surface area contributed by atoms with Crippen molar-refractivity contribution in [1.82, 2.24) is 9.80 Å². The van der Waals surface area contributed by atoms with Crippen molar-refractivity contribution in [2.45, 2.75) is 6.92 Å². The van der Waals surface area contributed by atoms with Gasteiger partial charge in [0.1, 0.15) is 18.1 Å². The van der Waals surface area contributed by atoms with Gasteiger partial charge in [-0.25, -0.2) is 4.79 Å².